The third-order valence-corrected chi connectivity index (χ3v) is 4.29. The number of aromatic amines is 1. The Hall–Kier alpha value is -3.36. The highest BCUT2D eigenvalue weighted by Crippen LogP contribution is 2.28. The number of carbonyl (C=O) groups excluding carboxylic acids is 1. The van der Waals surface area contributed by atoms with E-state index in [9.17, 15) is 4.79 Å². The van der Waals surface area contributed by atoms with Crippen LogP contribution in [0.15, 0.2) is 60.7 Å². The number of hydrogen-bond acceptors (Lipinski definition) is 3. The molecule has 3 aromatic rings. The second-order valence-corrected chi connectivity index (χ2v) is 6.23. The molecular formula is C21H18N4O. The van der Waals surface area contributed by atoms with Crippen molar-refractivity contribution in [3.8, 4) is 11.8 Å². The third-order valence-electron chi connectivity index (χ3n) is 4.29. The Balaban J connectivity index is 1.40. The predicted molar refractivity (Wildman–Crippen MR) is 99.9 cm³/mol. The van der Waals surface area contributed by atoms with Crippen LogP contribution in [0.3, 0.4) is 0 Å². The van der Waals surface area contributed by atoms with Gasteiger partial charge < -0.3 is 0 Å². The van der Waals surface area contributed by atoms with E-state index in [0.717, 1.165) is 36.5 Å². The Kier molecular flexibility index (Phi) is 4.50. The molecule has 0 unspecified atom stereocenters. The van der Waals surface area contributed by atoms with E-state index in [0.29, 0.717) is 5.82 Å². The molecule has 1 aromatic heterocycles. The summed E-state index contributed by atoms with van der Waals surface area (Å²) in [5.41, 5.74) is 4.16. The Labute approximate surface area is 152 Å². The van der Waals surface area contributed by atoms with Crippen LogP contribution in [0.4, 0.5) is 5.82 Å². The molecule has 5 heteroatoms. The number of amides is 1. The van der Waals surface area contributed by atoms with Crippen LogP contribution in [-0.2, 0) is 24.4 Å². The van der Waals surface area contributed by atoms with Crippen molar-refractivity contribution in [1.29, 1.82) is 0 Å². The molecule has 128 valence electrons. The van der Waals surface area contributed by atoms with Crippen molar-refractivity contribution in [1.82, 2.24) is 15.1 Å². The first kappa shape index (κ1) is 16.1. The number of nitrogens with zero attached hydrogens (tertiary/aromatic N) is 2. The van der Waals surface area contributed by atoms with Crippen molar-refractivity contribution in [2.24, 2.45) is 0 Å². The number of aromatic nitrogens is 2. The lowest BCUT2D eigenvalue weighted by atomic mass is 10.2. The number of fused-ring (bicyclic) bond motifs is 1. The van der Waals surface area contributed by atoms with Crippen molar-refractivity contribution in [2.45, 2.75) is 19.6 Å². The molecular weight excluding hydrogens is 324 g/mol. The van der Waals surface area contributed by atoms with Crippen molar-refractivity contribution in [2.75, 3.05) is 5.32 Å². The summed E-state index contributed by atoms with van der Waals surface area (Å²) in [4.78, 5) is 14.4. The summed E-state index contributed by atoms with van der Waals surface area (Å²) < 4.78 is 0. The number of benzene rings is 2. The fraction of sp³-hybridized carbons (Fsp3) is 0.143. The zero-order chi connectivity index (χ0) is 17.8. The molecule has 0 bridgehead atoms. The quantitative estimate of drug-likeness (QED) is 0.720. The Morgan fingerprint density at radius 2 is 1.81 bits per heavy atom. The molecule has 1 aliphatic rings. The van der Waals surface area contributed by atoms with Crippen molar-refractivity contribution < 1.29 is 4.79 Å². The number of hydrogen-bond donors (Lipinski definition) is 2. The lowest BCUT2D eigenvalue weighted by Gasteiger charge is -2.15. The molecule has 0 aliphatic carbocycles. The van der Waals surface area contributed by atoms with E-state index in [2.05, 4.69) is 44.4 Å². The van der Waals surface area contributed by atoms with Crippen LogP contribution in [0.2, 0.25) is 0 Å². The average molecular weight is 342 g/mol. The minimum absolute atomic E-state index is 0.357. The van der Waals surface area contributed by atoms with Gasteiger partial charge in [-0.3, -0.25) is 20.1 Å². The first-order valence-electron chi connectivity index (χ1n) is 8.48. The molecule has 2 N–H and O–H groups in total. The number of nitrogens with one attached hydrogen (secondary N) is 2. The van der Waals surface area contributed by atoms with Gasteiger partial charge in [0.05, 0.1) is 5.69 Å². The van der Waals surface area contributed by atoms with Crippen LogP contribution in [0.25, 0.3) is 0 Å². The number of H-pyrrole nitrogens is 1. The molecule has 0 saturated carbocycles. The van der Waals surface area contributed by atoms with E-state index in [1.165, 1.54) is 5.56 Å². The van der Waals surface area contributed by atoms with Gasteiger partial charge in [-0.05, 0) is 17.7 Å². The second-order valence-electron chi connectivity index (χ2n) is 6.23. The third kappa shape index (κ3) is 3.66. The van der Waals surface area contributed by atoms with Gasteiger partial charge in [0.1, 0.15) is 0 Å². The highest BCUT2D eigenvalue weighted by atomic mass is 16.1. The fourth-order valence-electron chi connectivity index (χ4n) is 3.05. The van der Waals surface area contributed by atoms with Crippen LogP contribution >= 0.6 is 0 Å². The maximum absolute atomic E-state index is 12.1. The van der Waals surface area contributed by atoms with E-state index in [4.69, 9.17) is 0 Å². The number of carbonyl (C=O) groups is 1. The Bertz CT molecular complexity index is 967. The van der Waals surface area contributed by atoms with Gasteiger partial charge >= 0.3 is 5.91 Å². The average Bonchev–Trinajstić information content (AvgIpc) is 3.23. The second kappa shape index (κ2) is 7.26. The van der Waals surface area contributed by atoms with Crippen LogP contribution in [-0.4, -0.2) is 21.0 Å². The lowest BCUT2D eigenvalue weighted by Crippen LogP contribution is -2.17. The van der Waals surface area contributed by atoms with Crippen LogP contribution in [0.1, 0.15) is 22.4 Å². The van der Waals surface area contributed by atoms with Crippen molar-refractivity contribution in [3.63, 3.8) is 0 Å². The van der Waals surface area contributed by atoms with E-state index >= 15 is 0 Å². The van der Waals surface area contributed by atoms with Gasteiger partial charge in [0.15, 0.2) is 5.82 Å². The molecule has 0 spiro atoms. The summed E-state index contributed by atoms with van der Waals surface area (Å²) in [5, 5.41) is 10.0. The molecule has 2 heterocycles. The first-order valence-corrected chi connectivity index (χ1v) is 8.48. The predicted octanol–water partition coefficient (Wildman–Crippen LogP) is 2.92. The Morgan fingerprint density at radius 1 is 1.08 bits per heavy atom. The standard InChI is InChI=1S/C21H18N4O/c26-20(12-11-16-7-3-1-4-8-16)22-21-18-14-25(15-19(18)23-24-21)13-17-9-5-2-6-10-17/h1-10H,13-15H2,(H2,22,23,24,26). The normalized spacial score (nSPS) is 12.9. The summed E-state index contributed by atoms with van der Waals surface area (Å²) in [6.07, 6.45) is 0. The molecule has 0 fully saturated rings. The van der Waals surface area contributed by atoms with Crippen molar-refractivity contribution in [3.05, 3.63) is 83.0 Å². The topological polar surface area (TPSA) is 61.0 Å². The lowest BCUT2D eigenvalue weighted by molar-refractivity contribution is -0.111. The van der Waals surface area contributed by atoms with E-state index in [1.54, 1.807) is 0 Å². The molecule has 26 heavy (non-hydrogen) atoms. The van der Waals surface area contributed by atoms with Gasteiger partial charge in [0.2, 0.25) is 0 Å². The van der Waals surface area contributed by atoms with Crippen LogP contribution in [0, 0.1) is 11.8 Å². The smallest absolute Gasteiger partial charge is 0.298 e. The van der Waals surface area contributed by atoms with Gasteiger partial charge in [-0.15, -0.1) is 0 Å². The molecule has 2 aromatic carbocycles. The minimum Gasteiger partial charge on any atom is -0.298 e. The molecule has 0 atom stereocenters. The van der Waals surface area contributed by atoms with Gasteiger partial charge in [0.25, 0.3) is 0 Å². The molecule has 1 amide bonds. The van der Waals surface area contributed by atoms with E-state index in [1.807, 2.05) is 48.5 Å². The minimum atomic E-state index is -0.357. The van der Waals surface area contributed by atoms with Crippen LogP contribution < -0.4 is 5.32 Å². The number of rotatable bonds is 3. The first-order chi connectivity index (χ1) is 12.8. The summed E-state index contributed by atoms with van der Waals surface area (Å²) in [5.74, 6) is 5.68. The monoisotopic (exact) mass is 342 g/mol. The van der Waals surface area contributed by atoms with Gasteiger partial charge in [0, 0.05) is 36.7 Å². The number of anilines is 1. The fourth-order valence-corrected chi connectivity index (χ4v) is 3.05. The zero-order valence-electron chi connectivity index (χ0n) is 14.2. The largest absolute Gasteiger partial charge is 0.301 e. The van der Waals surface area contributed by atoms with Crippen LogP contribution in [0.5, 0.6) is 0 Å². The van der Waals surface area contributed by atoms with Gasteiger partial charge in [-0.1, -0.05) is 54.5 Å². The summed E-state index contributed by atoms with van der Waals surface area (Å²) >= 11 is 0. The van der Waals surface area contributed by atoms with E-state index < -0.39 is 0 Å². The SMILES string of the molecule is O=C(C#Cc1ccccc1)Nc1n[nH]c2c1CN(Cc1ccccc1)C2. The summed E-state index contributed by atoms with van der Waals surface area (Å²) in [7, 11) is 0. The molecule has 4 rings (SSSR count). The molecule has 0 saturated heterocycles. The van der Waals surface area contributed by atoms with Crippen molar-refractivity contribution >= 4 is 11.7 Å². The highest BCUT2D eigenvalue weighted by molar-refractivity contribution is 6.04. The molecule has 0 radical (unpaired) electrons. The van der Waals surface area contributed by atoms with E-state index in [-0.39, 0.29) is 5.91 Å². The maximum Gasteiger partial charge on any atom is 0.301 e. The summed E-state index contributed by atoms with van der Waals surface area (Å²) in [6.45, 7) is 2.41. The van der Waals surface area contributed by atoms with Gasteiger partial charge in [-0.25, -0.2) is 0 Å². The molecule has 5 nitrogen and oxygen atoms in total. The van der Waals surface area contributed by atoms with Gasteiger partial charge in [-0.2, -0.15) is 5.10 Å². The molecule has 1 aliphatic heterocycles. The maximum atomic E-state index is 12.1. The summed E-state index contributed by atoms with van der Waals surface area (Å²) in [6, 6.07) is 19.8. The zero-order valence-corrected chi connectivity index (χ0v) is 14.2. The highest BCUT2D eigenvalue weighted by Gasteiger charge is 2.25. The Morgan fingerprint density at radius 3 is 2.58 bits per heavy atom.